The molecule has 16 heavy (non-hydrogen) atoms. The molecule has 0 aromatic carbocycles. The van der Waals surface area contributed by atoms with E-state index >= 15 is 0 Å². The van der Waals surface area contributed by atoms with Crippen molar-refractivity contribution in [3.05, 3.63) is 0 Å². The van der Waals surface area contributed by atoms with Crippen LogP contribution in [0.5, 0.6) is 0 Å². The van der Waals surface area contributed by atoms with Gasteiger partial charge in [0.2, 0.25) is 0 Å². The highest BCUT2D eigenvalue weighted by Gasteiger charge is 2.33. The van der Waals surface area contributed by atoms with Gasteiger partial charge in [0.25, 0.3) is 0 Å². The molecule has 1 fully saturated rings. The summed E-state index contributed by atoms with van der Waals surface area (Å²) >= 11 is 0. The summed E-state index contributed by atoms with van der Waals surface area (Å²) in [7, 11) is 2.07. The average Bonchev–Trinajstić information content (AvgIpc) is 2.63. The molecule has 1 saturated heterocycles. The van der Waals surface area contributed by atoms with Crippen LogP contribution in [0.25, 0.3) is 0 Å². The summed E-state index contributed by atoms with van der Waals surface area (Å²) in [6, 6.07) is 1.38. The largest absolute Gasteiger partial charge is 0.317 e. The Hall–Kier alpha value is -0.0800. The molecule has 1 heterocycles. The van der Waals surface area contributed by atoms with Crippen molar-refractivity contribution in [2.75, 3.05) is 20.1 Å². The van der Waals surface area contributed by atoms with Crippen LogP contribution < -0.4 is 5.32 Å². The number of rotatable bonds is 5. The van der Waals surface area contributed by atoms with Gasteiger partial charge in [-0.15, -0.1) is 0 Å². The molecule has 2 atom stereocenters. The molecular weight excluding hydrogens is 196 g/mol. The van der Waals surface area contributed by atoms with Gasteiger partial charge in [0.05, 0.1) is 0 Å². The number of hydrogen-bond donors (Lipinski definition) is 1. The van der Waals surface area contributed by atoms with Crippen LogP contribution >= 0.6 is 0 Å². The molecular formula is C14H30N2. The van der Waals surface area contributed by atoms with Crippen molar-refractivity contribution >= 4 is 0 Å². The van der Waals surface area contributed by atoms with E-state index in [1.807, 2.05) is 0 Å². The van der Waals surface area contributed by atoms with Gasteiger partial charge in [0.1, 0.15) is 0 Å². The summed E-state index contributed by atoms with van der Waals surface area (Å²) in [4.78, 5) is 2.71. The molecule has 0 spiro atoms. The number of nitrogens with one attached hydrogen (secondary N) is 1. The van der Waals surface area contributed by atoms with Crippen molar-refractivity contribution in [3.8, 4) is 0 Å². The monoisotopic (exact) mass is 226 g/mol. The third kappa shape index (κ3) is 3.21. The molecule has 0 radical (unpaired) electrons. The van der Waals surface area contributed by atoms with Crippen molar-refractivity contribution in [2.45, 2.75) is 59.5 Å². The van der Waals surface area contributed by atoms with Crippen LogP contribution in [0.1, 0.15) is 47.5 Å². The molecule has 1 aliphatic heterocycles. The highest BCUT2D eigenvalue weighted by atomic mass is 15.2. The molecule has 2 unspecified atom stereocenters. The van der Waals surface area contributed by atoms with Crippen LogP contribution in [0, 0.1) is 11.3 Å². The second-order valence-corrected chi connectivity index (χ2v) is 6.42. The third-order valence-corrected chi connectivity index (χ3v) is 4.40. The number of nitrogens with zero attached hydrogens (tertiary/aromatic N) is 1. The molecule has 0 bridgehead atoms. The third-order valence-electron chi connectivity index (χ3n) is 4.40. The van der Waals surface area contributed by atoms with E-state index in [9.17, 15) is 0 Å². The van der Waals surface area contributed by atoms with Crippen molar-refractivity contribution in [3.63, 3.8) is 0 Å². The Morgan fingerprint density at radius 3 is 2.44 bits per heavy atom. The van der Waals surface area contributed by atoms with Crippen LogP contribution in [-0.2, 0) is 0 Å². The van der Waals surface area contributed by atoms with Gasteiger partial charge in [0.15, 0.2) is 0 Å². The van der Waals surface area contributed by atoms with E-state index in [0.29, 0.717) is 11.5 Å². The lowest BCUT2D eigenvalue weighted by molar-refractivity contribution is 0.116. The van der Waals surface area contributed by atoms with Crippen molar-refractivity contribution < 1.29 is 0 Å². The van der Waals surface area contributed by atoms with Gasteiger partial charge < -0.3 is 5.32 Å². The summed E-state index contributed by atoms with van der Waals surface area (Å²) in [5.41, 5.74) is 0.353. The van der Waals surface area contributed by atoms with E-state index in [1.165, 1.54) is 25.9 Å². The maximum absolute atomic E-state index is 3.40. The topological polar surface area (TPSA) is 15.3 Å². The Morgan fingerprint density at radius 1 is 1.31 bits per heavy atom. The van der Waals surface area contributed by atoms with E-state index in [2.05, 4.69) is 51.9 Å². The molecule has 2 heteroatoms. The van der Waals surface area contributed by atoms with Gasteiger partial charge in [-0.05, 0) is 44.7 Å². The summed E-state index contributed by atoms with van der Waals surface area (Å²) in [6.07, 6.45) is 2.77. The van der Waals surface area contributed by atoms with Crippen LogP contribution in [0.2, 0.25) is 0 Å². The minimum Gasteiger partial charge on any atom is -0.317 e. The summed E-state index contributed by atoms with van der Waals surface area (Å²) in [5, 5.41) is 3.40. The first-order chi connectivity index (χ1) is 7.38. The fraction of sp³-hybridized carbons (Fsp3) is 1.00. The zero-order valence-electron chi connectivity index (χ0n) is 12.0. The van der Waals surface area contributed by atoms with Gasteiger partial charge in [-0.25, -0.2) is 0 Å². The predicted octanol–water partition coefficient (Wildman–Crippen LogP) is 2.74. The van der Waals surface area contributed by atoms with Crippen molar-refractivity contribution in [2.24, 2.45) is 11.3 Å². The fourth-order valence-corrected chi connectivity index (χ4v) is 2.85. The van der Waals surface area contributed by atoms with Gasteiger partial charge in [-0.3, -0.25) is 4.90 Å². The van der Waals surface area contributed by atoms with E-state index in [4.69, 9.17) is 0 Å². The summed E-state index contributed by atoms with van der Waals surface area (Å²) in [5.74, 6) is 0.795. The zero-order chi connectivity index (χ0) is 12.3. The van der Waals surface area contributed by atoms with E-state index in [-0.39, 0.29) is 0 Å². The van der Waals surface area contributed by atoms with Crippen LogP contribution in [-0.4, -0.2) is 37.1 Å². The molecule has 0 saturated carbocycles. The fourth-order valence-electron chi connectivity index (χ4n) is 2.85. The minimum absolute atomic E-state index is 0.353. The number of hydrogen-bond acceptors (Lipinski definition) is 2. The van der Waals surface area contributed by atoms with E-state index in [0.717, 1.165) is 12.0 Å². The molecule has 0 aromatic rings. The standard InChI is InChI=1S/C14H30N2/c1-11(2)13-8-7-9-16(13)10-14(4,5)12(3)15-6/h11-13,15H,7-10H2,1-6H3. The Balaban J connectivity index is 2.58. The van der Waals surface area contributed by atoms with Crippen molar-refractivity contribution in [1.29, 1.82) is 0 Å². The quantitative estimate of drug-likeness (QED) is 0.775. The Kier molecular flexibility index (Phi) is 4.81. The molecule has 1 rings (SSSR count). The summed E-state index contributed by atoms with van der Waals surface area (Å²) in [6.45, 7) is 14.3. The minimum atomic E-state index is 0.353. The smallest absolute Gasteiger partial charge is 0.0119 e. The second kappa shape index (κ2) is 5.50. The zero-order valence-corrected chi connectivity index (χ0v) is 12.0. The first-order valence-electron chi connectivity index (χ1n) is 6.80. The Bertz CT molecular complexity index is 211. The van der Waals surface area contributed by atoms with E-state index in [1.54, 1.807) is 0 Å². The molecule has 2 nitrogen and oxygen atoms in total. The highest BCUT2D eigenvalue weighted by Crippen LogP contribution is 2.29. The average molecular weight is 226 g/mol. The van der Waals surface area contributed by atoms with Crippen LogP contribution in [0.15, 0.2) is 0 Å². The molecule has 96 valence electrons. The van der Waals surface area contributed by atoms with E-state index < -0.39 is 0 Å². The molecule has 0 aromatic heterocycles. The number of likely N-dealkylation sites (tertiary alicyclic amines) is 1. The molecule has 1 aliphatic rings. The maximum Gasteiger partial charge on any atom is 0.0119 e. The van der Waals surface area contributed by atoms with Crippen LogP contribution in [0.4, 0.5) is 0 Å². The van der Waals surface area contributed by atoms with Crippen molar-refractivity contribution in [1.82, 2.24) is 10.2 Å². The lowest BCUT2D eigenvalue weighted by Gasteiger charge is -2.38. The van der Waals surface area contributed by atoms with Gasteiger partial charge in [0, 0.05) is 18.6 Å². The normalized spacial score (nSPS) is 25.3. The first kappa shape index (κ1) is 14.0. The SMILES string of the molecule is CNC(C)C(C)(C)CN1CCCC1C(C)C. The lowest BCUT2D eigenvalue weighted by Crippen LogP contribution is -2.47. The van der Waals surface area contributed by atoms with Gasteiger partial charge >= 0.3 is 0 Å². The molecule has 0 amide bonds. The molecule has 0 aliphatic carbocycles. The Morgan fingerprint density at radius 2 is 1.94 bits per heavy atom. The highest BCUT2D eigenvalue weighted by molar-refractivity contribution is 4.89. The van der Waals surface area contributed by atoms with Crippen LogP contribution in [0.3, 0.4) is 0 Å². The second-order valence-electron chi connectivity index (χ2n) is 6.42. The lowest BCUT2D eigenvalue weighted by atomic mass is 9.84. The Labute approximate surface area is 102 Å². The van der Waals surface area contributed by atoms with Gasteiger partial charge in [-0.2, -0.15) is 0 Å². The first-order valence-corrected chi connectivity index (χ1v) is 6.80. The van der Waals surface area contributed by atoms with Gasteiger partial charge in [-0.1, -0.05) is 27.7 Å². The predicted molar refractivity (Wildman–Crippen MR) is 71.7 cm³/mol. The summed E-state index contributed by atoms with van der Waals surface area (Å²) < 4.78 is 0. The molecule has 1 N–H and O–H groups in total. The maximum atomic E-state index is 3.40.